The lowest BCUT2D eigenvalue weighted by molar-refractivity contribution is 1.08. The van der Waals surface area contributed by atoms with E-state index in [-0.39, 0.29) is 0 Å². The number of fused-ring (bicyclic) bond motifs is 6. The summed E-state index contributed by atoms with van der Waals surface area (Å²) in [5, 5.41) is 4.83. The van der Waals surface area contributed by atoms with Gasteiger partial charge in [-0.15, -0.1) is 0 Å². The fourth-order valence-electron chi connectivity index (χ4n) is 7.79. The summed E-state index contributed by atoms with van der Waals surface area (Å²) in [4.78, 5) is 5.31. The van der Waals surface area contributed by atoms with Crippen molar-refractivity contribution in [1.29, 1.82) is 0 Å². The zero-order valence-corrected chi connectivity index (χ0v) is 28.4. The van der Waals surface area contributed by atoms with Crippen LogP contribution >= 0.6 is 0 Å². The molecule has 10 rings (SSSR count). The fourth-order valence-corrected chi connectivity index (χ4v) is 7.79. The highest BCUT2D eigenvalue weighted by Crippen LogP contribution is 2.39. The minimum Gasteiger partial charge on any atom is -0.309 e. The summed E-state index contributed by atoms with van der Waals surface area (Å²) in [6.45, 7) is 4.05. The van der Waals surface area contributed by atoms with Gasteiger partial charge in [0.05, 0.1) is 27.8 Å². The maximum atomic E-state index is 5.31. The molecule has 0 N–H and O–H groups in total. The molecule has 0 aliphatic heterocycles. The number of hydrogen-bond acceptors (Lipinski definition) is 1. The summed E-state index contributed by atoms with van der Waals surface area (Å²) in [5.74, 6) is 0.896. The fraction of sp³-hybridized carbons (Fsp3) is 0. The molecule has 0 amide bonds. The first-order chi connectivity index (χ1) is 25.7. The predicted octanol–water partition coefficient (Wildman–Crippen LogP) is 12.9. The molecule has 0 atom stereocenters. The van der Waals surface area contributed by atoms with Crippen LogP contribution in [0.25, 0.3) is 94.7 Å². The number of pyridine rings is 1. The second-order valence-corrected chi connectivity index (χ2v) is 13.3. The molecule has 3 aromatic heterocycles. The van der Waals surface area contributed by atoms with E-state index in [0.717, 1.165) is 50.5 Å². The summed E-state index contributed by atoms with van der Waals surface area (Å²) < 4.78 is 4.68. The van der Waals surface area contributed by atoms with Crippen LogP contribution in [0.5, 0.6) is 0 Å². The van der Waals surface area contributed by atoms with Crippen LogP contribution in [0.15, 0.2) is 189 Å². The summed E-state index contributed by atoms with van der Waals surface area (Å²) in [5.41, 5.74) is 13.6. The van der Waals surface area contributed by atoms with Crippen molar-refractivity contribution < 1.29 is 0 Å². The lowest BCUT2D eigenvalue weighted by atomic mass is 10.00. The minimum absolute atomic E-state index is 0.896. The van der Waals surface area contributed by atoms with Crippen molar-refractivity contribution >= 4 is 49.7 Å². The maximum Gasteiger partial charge on any atom is 0.138 e. The van der Waals surface area contributed by atoms with Gasteiger partial charge in [-0.2, -0.15) is 0 Å². The van der Waals surface area contributed by atoms with E-state index in [1.807, 2.05) is 12.1 Å². The average molecular weight is 664 g/mol. The van der Waals surface area contributed by atoms with Crippen LogP contribution in [0.4, 0.5) is 0 Å². The third kappa shape index (κ3) is 4.86. The Balaban J connectivity index is 1.18. The summed E-state index contributed by atoms with van der Waals surface area (Å²) in [6.07, 6.45) is 1.92. The number of rotatable bonds is 6. The number of nitrogens with zero attached hydrogens (tertiary/aromatic N) is 3. The number of benzene rings is 7. The molecule has 0 unspecified atom stereocenters. The molecule has 0 saturated heterocycles. The Kier molecular flexibility index (Phi) is 6.97. The van der Waals surface area contributed by atoms with Gasteiger partial charge in [0.25, 0.3) is 0 Å². The quantitative estimate of drug-likeness (QED) is 0.174. The topological polar surface area (TPSA) is 22.8 Å². The van der Waals surface area contributed by atoms with Crippen LogP contribution in [-0.4, -0.2) is 14.1 Å². The van der Waals surface area contributed by atoms with Crippen molar-refractivity contribution in [2.45, 2.75) is 0 Å². The van der Waals surface area contributed by atoms with Gasteiger partial charge in [0.2, 0.25) is 0 Å². The highest BCUT2D eigenvalue weighted by atomic mass is 15.1. The Bertz CT molecular complexity index is 2890. The Hall–Kier alpha value is -6.97. The molecule has 0 radical (unpaired) electrons. The molecule has 0 bridgehead atoms. The van der Waals surface area contributed by atoms with Crippen molar-refractivity contribution in [2.24, 2.45) is 0 Å². The average Bonchev–Trinajstić information content (AvgIpc) is 3.73. The second kappa shape index (κ2) is 12.1. The van der Waals surface area contributed by atoms with E-state index < -0.39 is 0 Å². The largest absolute Gasteiger partial charge is 0.309 e. The van der Waals surface area contributed by atoms with Gasteiger partial charge >= 0.3 is 0 Å². The first-order valence-corrected chi connectivity index (χ1v) is 17.7. The van der Waals surface area contributed by atoms with Crippen molar-refractivity contribution in [3.8, 4) is 45.0 Å². The third-order valence-electron chi connectivity index (χ3n) is 10.3. The Labute approximate surface area is 302 Å². The monoisotopic (exact) mass is 663 g/mol. The zero-order valence-electron chi connectivity index (χ0n) is 28.4. The Morgan fingerprint density at radius 2 is 0.923 bits per heavy atom. The molecule has 7 aromatic carbocycles. The third-order valence-corrected chi connectivity index (χ3v) is 10.3. The van der Waals surface area contributed by atoms with Crippen molar-refractivity contribution in [2.75, 3.05) is 0 Å². The molecule has 52 heavy (non-hydrogen) atoms. The first kappa shape index (κ1) is 29.9. The van der Waals surface area contributed by atoms with E-state index in [1.165, 1.54) is 43.7 Å². The van der Waals surface area contributed by atoms with Crippen LogP contribution < -0.4 is 0 Å². The van der Waals surface area contributed by atoms with E-state index in [9.17, 15) is 0 Å². The molecule has 0 aliphatic carbocycles. The molecular formula is C49H33N3. The second-order valence-electron chi connectivity index (χ2n) is 13.3. The van der Waals surface area contributed by atoms with Crippen LogP contribution in [0, 0.1) is 0 Å². The van der Waals surface area contributed by atoms with E-state index in [0.29, 0.717) is 0 Å². The minimum atomic E-state index is 0.896. The normalized spacial score (nSPS) is 11.5. The van der Waals surface area contributed by atoms with Gasteiger partial charge in [-0.25, -0.2) is 4.98 Å². The number of para-hydroxylation sites is 2. The molecular weight excluding hydrogens is 631 g/mol. The lowest BCUT2D eigenvalue weighted by Crippen LogP contribution is -2.00. The zero-order chi connectivity index (χ0) is 34.6. The summed E-state index contributed by atoms with van der Waals surface area (Å²) in [6, 6.07) is 65.1. The van der Waals surface area contributed by atoms with E-state index in [1.54, 1.807) is 0 Å². The maximum absolute atomic E-state index is 5.31. The van der Waals surface area contributed by atoms with Crippen molar-refractivity contribution in [3.63, 3.8) is 0 Å². The van der Waals surface area contributed by atoms with Gasteiger partial charge in [-0.05, 0) is 94.5 Å². The SMILES string of the molecule is C=Cc1ccc2c(c1)c1cc(-c3ccc4c(c3)c3ccccc3n4-c3cc(-c4ccccc4)cc(-c4ccccc4)n3)ccc1n2-c1ccccc1. The Morgan fingerprint density at radius 1 is 0.385 bits per heavy atom. The Morgan fingerprint density at radius 3 is 1.62 bits per heavy atom. The van der Waals surface area contributed by atoms with Crippen molar-refractivity contribution in [1.82, 2.24) is 14.1 Å². The summed E-state index contributed by atoms with van der Waals surface area (Å²) >= 11 is 0. The molecule has 0 fully saturated rings. The number of aromatic nitrogens is 3. The molecule has 3 nitrogen and oxygen atoms in total. The van der Waals surface area contributed by atoms with Crippen LogP contribution in [0.2, 0.25) is 0 Å². The highest BCUT2D eigenvalue weighted by molar-refractivity contribution is 6.13. The van der Waals surface area contributed by atoms with E-state index >= 15 is 0 Å². The van der Waals surface area contributed by atoms with Gasteiger partial charge in [-0.3, -0.25) is 4.57 Å². The smallest absolute Gasteiger partial charge is 0.138 e. The molecule has 0 saturated carbocycles. The van der Waals surface area contributed by atoms with Crippen LogP contribution in [0.1, 0.15) is 5.56 Å². The van der Waals surface area contributed by atoms with Gasteiger partial charge < -0.3 is 4.57 Å². The predicted molar refractivity (Wildman–Crippen MR) is 219 cm³/mol. The number of hydrogen-bond donors (Lipinski definition) is 0. The molecule has 10 aromatic rings. The molecule has 244 valence electrons. The van der Waals surface area contributed by atoms with Crippen LogP contribution in [-0.2, 0) is 0 Å². The first-order valence-electron chi connectivity index (χ1n) is 17.7. The lowest BCUT2D eigenvalue weighted by Gasteiger charge is -2.13. The van der Waals surface area contributed by atoms with E-state index in [2.05, 4.69) is 192 Å². The molecule has 3 heteroatoms. The highest BCUT2D eigenvalue weighted by Gasteiger charge is 2.18. The van der Waals surface area contributed by atoms with Gasteiger partial charge in [0.1, 0.15) is 5.82 Å². The van der Waals surface area contributed by atoms with Crippen molar-refractivity contribution in [3.05, 3.63) is 194 Å². The van der Waals surface area contributed by atoms with E-state index in [4.69, 9.17) is 4.98 Å². The molecule has 3 heterocycles. The standard InChI is InChI=1S/C49H33N3/c1-2-33-22-25-46-41(28-33)43-30-37(23-26-47(43)51(46)39-18-10-5-11-19-39)36-24-27-48-42(29-36)40-20-12-13-21-45(40)52(48)49-32-38(34-14-6-3-7-15-34)31-44(50-49)35-16-8-4-9-17-35/h2-32H,1H2. The molecule has 0 spiro atoms. The molecule has 0 aliphatic rings. The summed E-state index contributed by atoms with van der Waals surface area (Å²) in [7, 11) is 0. The van der Waals surface area contributed by atoms with Crippen LogP contribution in [0.3, 0.4) is 0 Å². The van der Waals surface area contributed by atoms with Gasteiger partial charge in [-0.1, -0.05) is 128 Å². The van der Waals surface area contributed by atoms with Gasteiger partial charge in [0, 0.05) is 32.8 Å². The van der Waals surface area contributed by atoms with Gasteiger partial charge in [0.15, 0.2) is 0 Å².